The van der Waals surface area contributed by atoms with Crippen LogP contribution in [0.2, 0.25) is 0 Å². The van der Waals surface area contributed by atoms with Crippen molar-refractivity contribution in [1.29, 1.82) is 0 Å². The lowest BCUT2D eigenvalue weighted by Crippen LogP contribution is -2.19. The van der Waals surface area contributed by atoms with Crippen LogP contribution < -0.4 is 20.7 Å². The van der Waals surface area contributed by atoms with Crippen LogP contribution in [0.15, 0.2) is 59.1 Å². The SMILES string of the molecule is CC(C)(C)c1cc(NC(=O)Nc2ccc(OCCc3ccc(P)cc3)cc2)no1. The van der Waals surface area contributed by atoms with Crippen LogP contribution in [-0.2, 0) is 11.8 Å². The smallest absolute Gasteiger partial charge is 0.324 e. The van der Waals surface area contributed by atoms with Crippen LogP contribution in [0, 0.1) is 0 Å². The van der Waals surface area contributed by atoms with E-state index in [9.17, 15) is 4.79 Å². The van der Waals surface area contributed by atoms with E-state index in [4.69, 9.17) is 9.26 Å². The van der Waals surface area contributed by atoms with Crippen LogP contribution in [-0.4, -0.2) is 17.8 Å². The molecule has 1 atom stereocenters. The summed E-state index contributed by atoms with van der Waals surface area (Å²) in [5.41, 5.74) is 1.72. The third-order valence-corrected chi connectivity index (χ3v) is 4.63. The zero-order chi connectivity index (χ0) is 20.9. The van der Waals surface area contributed by atoms with Gasteiger partial charge in [-0.2, -0.15) is 0 Å². The van der Waals surface area contributed by atoms with Crippen molar-refractivity contribution in [2.45, 2.75) is 32.6 Å². The van der Waals surface area contributed by atoms with Gasteiger partial charge in [0.1, 0.15) is 11.5 Å². The first-order chi connectivity index (χ1) is 13.8. The molecule has 0 saturated carbocycles. The van der Waals surface area contributed by atoms with E-state index >= 15 is 0 Å². The van der Waals surface area contributed by atoms with Gasteiger partial charge in [0.2, 0.25) is 0 Å². The lowest BCUT2D eigenvalue weighted by Gasteiger charge is -2.12. The number of benzene rings is 2. The second-order valence-corrected chi connectivity index (χ2v) is 8.44. The van der Waals surface area contributed by atoms with Gasteiger partial charge >= 0.3 is 6.03 Å². The average Bonchev–Trinajstić information content (AvgIpc) is 3.13. The van der Waals surface area contributed by atoms with E-state index in [1.807, 2.05) is 32.9 Å². The van der Waals surface area contributed by atoms with E-state index in [2.05, 4.69) is 49.3 Å². The molecular formula is C22H26N3O3P. The van der Waals surface area contributed by atoms with Gasteiger partial charge in [-0.25, -0.2) is 4.79 Å². The molecule has 1 heterocycles. The standard InChI is InChI=1S/C22H26N3O3P/c1-22(2,3)19-14-20(25-28-19)24-21(26)23-16-6-8-17(9-7-16)27-13-12-15-4-10-18(29)11-5-15/h4-11,14H,12-13,29H2,1-3H3,(H2,23,24,25,26). The highest BCUT2D eigenvalue weighted by Gasteiger charge is 2.20. The van der Waals surface area contributed by atoms with E-state index in [0.29, 0.717) is 23.9 Å². The molecule has 7 heteroatoms. The molecular weight excluding hydrogens is 385 g/mol. The molecule has 0 aliphatic heterocycles. The number of ether oxygens (including phenoxy) is 1. The summed E-state index contributed by atoms with van der Waals surface area (Å²) in [5.74, 6) is 1.84. The summed E-state index contributed by atoms with van der Waals surface area (Å²) >= 11 is 0. The number of urea groups is 1. The Balaban J connectivity index is 1.46. The Morgan fingerprint density at radius 2 is 1.76 bits per heavy atom. The highest BCUT2D eigenvalue weighted by Crippen LogP contribution is 2.24. The number of rotatable bonds is 6. The van der Waals surface area contributed by atoms with Crippen molar-refractivity contribution in [1.82, 2.24) is 5.16 Å². The fourth-order valence-electron chi connectivity index (χ4n) is 2.57. The molecule has 0 bridgehead atoms. The van der Waals surface area contributed by atoms with E-state index < -0.39 is 0 Å². The molecule has 0 saturated heterocycles. The molecule has 0 aliphatic carbocycles. The molecule has 2 aromatic carbocycles. The first kappa shape index (κ1) is 20.9. The van der Waals surface area contributed by atoms with Gasteiger partial charge in [-0.3, -0.25) is 5.32 Å². The molecule has 0 radical (unpaired) electrons. The third kappa shape index (κ3) is 6.33. The van der Waals surface area contributed by atoms with Gasteiger partial charge in [0, 0.05) is 23.6 Å². The molecule has 2 N–H and O–H groups in total. The molecule has 0 aliphatic rings. The number of aromatic nitrogens is 1. The minimum atomic E-state index is -0.384. The Labute approximate surface area is 173 Å². The molecule has 0 fully saturated rings. The van der Waals surface area contributed by atoms with E-state index in [1.54, 1.807) is 18.2 Å². The molecule has 2 amide bonds. The first-order valence-electron chi connectivity index (χ1n) is 9.42. The molecule has 6 nitrogen and oxygen atoms in total. The molecule has 1 aromatic heterocycles. The summed E-state index contributed by atoms with van der Waals surface area (Å²) < 4.78 is 11.0. The largest absolute Gasteiger partial charge is 0.493 e. The highest BCUT2D eigenvalue weighted by molar-refractivity contribution is 7.27. The Bertz CT molecular complexity index is 945. The summed E-state index contributed by atoms with van der Waals surface area (Å²) in [6.07, 6.45) is 0.835. The summed E-state index contributed by atoms with van der Waals surface area (Å²) in [6.45, 7) is 6.63. The Hall–Kier alpha value is -2.85. The number of hydrogen-bond acceptors (Lipinski definition) is 4. The predicted octanol–water partition coefficient (Wildman–Crippen LogP) is 4.74. The topological polar surface area (TPSA) is 76.4 Å². The fraction of sp³-hybridized carbons (Fsp3) is 0.273. The quantitative estimate of drug-likeness (QED) is 0.575. The summed E-state index contributed by atoms with van der Waals surface area (Å²) in [7, 11) is 2.68. The average molecular weight is 411 g/mol. The van der Waals surface area contributed by atoms with Crippen LogP contribution in [0.4, 0.5) is 16.3 Å². The summed E-state index contributed by atoms with van der Waals surface area (Å²) in [4.78, 5) is 12.1. The van der Waals surface area contributed by atoms with Crippen molar-refractivity contribution in [2.75, 3.05) is 17.2 Å². The molecule has 0 spiro atoms. The van der Waals surface area contributed by atoms with Crippen molar-refractivity contribution in [3.63, 3.8) is 0 Å². The van der Waals surface area contributed by atoms with E-state index in [1.165, 1.54) is 10.9 Å². The number of hydrogen-bond donors (Lipinski definition) is 2. The number of nitrogens with zero attached hydrogens (tertiary/aromatic N) is 1. The van der Waals surface area contributed by atoms with Gasteiger partial charge in [-0.05, 0) is 35.1 Å². The second-order valence-electron chi connectivity index (χ2n) is 7.77. The third-order valence-electron chi connectivity index (χ3n) is 4.24. The van der Waals surface area contributed by atoms with Crippen LogP contribution in [0.1, 0.15) is 32.1 Å². The number of anilines is 2. The minimum Gasteiger partial charge on any atom is -0.493 e. The van der Waals surface area contributed by atoms with Gasteiger partial charge in [0.15, 0.2) is 5.82 Å². The maximum Gasteiger partial charge on any atom is 0.324 e. The number of amides is 2. The van der Waals surface area contributed by atoms with Gasteiger partial charge in [-0.1, -0.05) is 50.2 Å². The number of nitrogens with one attached hydrogen (secondary N) is 2. The summed E-state index contributed by atoms with van der Waals surface area (Å²) in [5, 5.41) is 10.5. The van der Waals surface area contributed by atoms with Gasteiger partial charge in [0.25, 0.3) is 0 Å². The van der Waals surface area contributed by atoms with Crippen molar-refractivity contribution in [3.8, 4) is 5.75 Å². The monoisotopic (exact) mass is 411 g/mol. The molecule has 29 heavy (non-hydrogen) atoms. The maximum absolute atomic E-state index is 12.1. The zero-order valence-corrected chi connectivity index (χ0v) is 18.0. The molecule has 3 aromatic rings. The first-order valence-corrected chi connectivity index (χ1v) is 10.00. The number of carbonyl (C=O) groups is 1. The van der Waals surface area contributed by atoms with Gasteiger partial charge < -0.3 is 14.6 Å². The van der Waals surface area contributed by atoms with Crippen molar-refractivity contribution >= 4 is 32.1 Å². The van der Waals surface area contributed by atoms with Crippen LogP contribution in [0.5, 0.6) is 5.75 Å². The second kappa shape index (κ2) is 9.10. The van der Waals surface area contributed by atoms with E-state index in [-0.39, 0.29) is 11.4 Å². The van der Waals surface area contributed by atoms with Gasteiger partial charge in [-0.15, -0.1) is 9.24 Å². The highest BCUT2D eigenvalue weighted by atomic mass is 31.0. The molecule has 3 rings (SSSR count). The normalized spacial score (nSPS) is 11.2. The van der Waals surface area contributed by atoms with Crippen LogP contribution >= 0.6 is 9.24 Å². The molecule has 152 valence electrons. The van der Waals surface area contributed by atoms with Crippen molar-refractivity contribution < 1.29 is 14.1 Å². The maximum atomic E-state index is 12.1. The Morgan fingerprint density at radius 1 is 1.07 bits per heavy atom. The Morgan fingerprint density at radius 3 is 2.38 bits per heavy atom. The fourth-order valence-corrected chi connectivity index (χ4v) is 2.76. The summed E-state index contributed by atoms with van der Waals surface area (Å²) in [6, 6.07) is 16.9. The molecule has 1 unspecified atom stereocenters. The predicted molar refractivity (Wildman–Crippen MR) is 119 cm³/mol. The lowest BCUT2D eigenvalue weighted by atomic mass is 9.93. The van der Waals surface area contributed by atoms with Crippen LogP contribution in [0.3, 0.4) is 0 Å². The van der Waals surface area contributed by atoms with Gasteiger partial charge in [0.05, 0.1) is 6.61 Å². The Kier molecular flexibility index (Phi) is 6.55. The zero-order valence-electron chi connectivity index (χ0n) is 16.9. The van der Waals surface area contributed by atoms with Crippen molar-refractivity contribution in [3.05, 3.63) is 65.9 Å². The van der Waals surface area contributed by atoms with E-state index in [0.717, 1.165) is 12.2 Å². The van der Waals surface area contributed by atoms with Crippen LogP contribution in [0.25, 0.3) is 0 Å². The lowest BCUT2D eigenvalue weighted by molar-refractivity contribution is 0.262. The minimum absolute atomic E-state index is 0.169. The number of carbonyl (C=O) groups excluding carboxylic acids is 1. The van der Waals surface area contributed by atoms with Crippen molar-refractivity contribution in [2.24, 2.45) is 0 Å².